The van der Waals surface area contributed by atoms with Crippen LogP contribution in [0, 0.1) is 0 Å². The molecule has 2 aromatic heterocycles. The van der Waals surface area contributed by atoms with Crippen LogP contribution in [-0.2, 0) is 5.75 Å². The fraction of sp³-hybridized carbons (Fsp3) is 0.381. The lowest BCUT2D eigenvalue weighted by atomic mass is 10.1. The number of carbonyl (C=O) groups excluding carboxylic acids is 1. The highest BCUT2D eigenvalue weighted by Gasteiger charge is 2.23. The van der Waals surface area contributed by atoms with Crippen LogP contribution < -0.4 is 5.32 Å². The lowest BCUT2D eigenvalue weighted by molar-refractivity contribution is 0.0906. The van der Waals surface area contributed by atoms with Crippen molar-refractivity contribution in [2.75, 3.05) is 0 Å². The van der Waals surface area contributed by atoms with E-state index in [1.165, 1.54) is 37.4 Å². The van der Waals surface area contributed by atoms with E-state index in [1.54, 1.807) is 18.5 Å². The van der Waals surface area contributed by atoms with Crippen molar-refractivity contribution in [1.29, 1.82) is 0 Å². The Morgan fingerprint density at radius 3 is 2.59 bits per heavy atom. The summed E-state index contributed by atoms with van der Waals surface area (Å²) in [5.74, 6) is 0.903. The van der Waals surface area contributed by atoms with Crippen LogP contribution in [0.4, 0.5) is 0 Å². The molecule has 1 fully saturated rings. The molecule has 0 radical (unpaired) electrons. The fourth-order valence-corrected chi connectivity index (χ4v) is 4.43. The van der Waals surface area contributed by atoms with Crippen LogP contribution in [0.15, 0.2) is 52.3 Å². The highest BCUT2D eigenvalue weighted by molar-refractivity contribution is 7.98. The molecule has 27 heavy (non-hydrogen) atoms. The van der Waals surface area contributed by atoms with Crippen LogP contribution in [0.25, 0.3) is 11.0 Å². The van der Waals surface area contributed by atoms with Gasteiger partial charge in [0.2, 0.25) is 0 Å². The minimum Gasteiger partial charge on any atom is -0.451 e. The Morgan fingerprint density at radius 1 is 1.07 bits per heavy atom. The van der Waals surface area contributed by atoms with Crippen molar-refractivity contribution in [2.45, 2.75) is 55.5 Å². The Morgan fingerprint density at radius 2 is 1.81 bits per heavy atom. The highest BCUT2D eigenvalue weighted by atomic mass is 32.2. The van der Waals surface area contributed by atoms with Gasteiger partial charge in [0.05, 0.1) is 0 Å². The largest absolute Gasteiger partial charge is 0.451 e. The molecule has 0 saturated heterocycles. The first kappa shape index (κ1) is 18.0. The van der Waals surface area contributed by atoms with E-state index in [9.17, 15) is 4.79 Å². The molecule has 140 valence electrons. The number of nitrogens with one attached hydrogen (secondary N) is 1. The van der Waals surface area contributed by atoms with Crippen molar-refractivity contribution in [3.8, 4) is 0 Å². The van der Waals surface area contributed by atoms with Crippen molar-refractivity contribution in [2.24, 2.45) is 0 Å². The van der Waals surface area contributed by atoms with Crippen molar-refractivity contribution < 1.29 is 9.21 Å². The van der Waals surface area contributed by atoms with Crippen molar-refractivity contribution in [1.82, 2.24) is 15.3 Å². The molecule has 3 aromatic rings. The van der Waals surface area contributed by atoms with E-state index in [0.29, 0.717) is 16.7 Å². The van der Waals surface area contributed by atoms with Crippen LogP contribution in [0.1, 0.15) is 54.6 Å². The summed E-state index contributed by atoms with van der Waals surface area (Å²) in [7, 11) is 0. The molecule has 0 aliphatic heterocycles. The average molecular weight is 382 g/mol. The van der Waals surface area contributed by atoms with Crippen molar-refractivity contribution in [3.63, 3.8) is 0 Å². The zero-order valence-electron chi connectivity index (χ0n) is 15.2. The second kappa shape index (κ2) is 8.57. The third kappa shape index (κ3) is 4.33. The van der Waals surface area contributed by atoms with E-state index in [1.807, 2.05) is 24.3 Å². The lowest BCUT2D eigenvalue weighted by Crippen LogP contribution is -2.34. The number of carbonyl (C=O) groups is 1. The second-order valence-electron chi connectivity index (χ2n) is 6.89. The van der Waals surface area contributed by atoms with E-state index in [0.717, 1.165) is 29.4 Å². The Labute approximate surface area is 163 Å². The molecule has 0 unspecified atom stereocenters. The number of furan rings is 1. The third-order valence-electron chi connectivity index (χ3n) is 4.98. The van der Waals surface area contributed by atoms with Gasteiger partial charge in [0, 0.05) is 35.1 Å². The molecule has 0 bridgehead atoms. The van der Waals surface area contributed by atoms with E-state index in [-0.39, 0.29) is 11.9 Å². The van der Waals surface area contributed by atoms with Gasteiger partial charge in [0.15, 0.2) is 10.9 Å². The number of thioether (sulfide) groups is 1. The smallest absolute Gasteiger partial charge is 0.287 e. The molecular weight excluding hydrogens is 358 g/mol. The number of amides is 1. The van der Waals surface area contributed by atoms with Crippen molar-refractivity contribution >= 4 is 28.6 Å². The van der Waals surface area contributed by atoms with Gasteiger partial charge in [0.1, 0.15) is 5.58 Å². The van der Waals surface area contributed by atoms with E-state index >= 15 is 0 Å². The van der Waals surface area contributed by atoms with Gasteiger partial charge < -0.3 is 9.73 Å². The fourth-order valence-electron chi connectivity index (χ4n) is 3.60. The summed E-state index contributed by atoms with van der Waals surface area (Å²) >= 11 is 1.51. The lowest BCUT2D eigenvalue weighted by Gasteiger charge is -2.15. The summed E-state index contributed by atoms with van der Waals surface area (Å²) in [6.45, 7) is 0. The van der Waals surface area contributed by atoms with Gasteiger partial charge >= 0.3 is 0 Å². The first-order valence-corrected chi connectivity index (χ1v) is 10.5. The number of aromatic nitrogens is 2. The molecule has 0 spiro atoms. The number of para-hydroxylation sites is 1. The number of hydrogen-bond acceptors (Lipinski definition) is 5. The van der Waals surface area contributed by atoms with E-state index in [2.05, 4.69) is 15.3 Å². The van der Waals surface area contributed by atoms with Gasteiger partial charge in [-0.15, -0.1) is 0 Å². The number of rotatable bonds is 5. The molecule has 2 heterocycles. The maximum atomic E-state index is 13.0. The van der Waals surface area contributed by atoms with Crippen LogP contribution >= 0.6 is 11.8 Å². The molecule has 5 nitrogen and oxygen atoms in total. The monoisotopic (exact) mass is 381 g/mol. The topological polar surface area (TPSA) is 68.0 Å². The number of hydrogen-bond donors (Lipinski definition) is 1. The van der Waals surface area contributed by atoms with Gasteiger partial charge in [-0.25, -0.2) is 9.97 Å². The molecule has 0 atom stereocenters. The first-order valence-electron chi connectivity index (χ1n) is 9.52. The van der Waals surface area contributed by atoms with Crippen LogP contribution in [0.3, 0.4) is 0 Å². The zero-order valence-corrected chi connectivity index (χ0v) is 16.0. The van der Waals surface area contributed by atoms with Crippen LogP contribution in [0.2, 0.25) is 0 Å². The molecule has 1 aliphatic carbocycles. The maximum absolute atomic E-state index is 13.0. The summed E-state index contributed by atoms with van der Waals surface area (Å²) in [6.07, 6.45) is 10.4. The third-order valence-corrected chi connectivity index (χ3v) is 5.88. The second-order valence-corrected chi connectivity index (χ2v) is 7.83. The molecule has 1 aliphatic rings. The standard InChI is InChI=1S/C21H23N3O2S/c25-20(24-15-8-3-1-2-4-9-15)19-17(14-27-21-22-12-7-13-23-21)16-10-5-6-11-18(16)26-19/h5-7,10-13,15H,1-4,8-9,14H2,(H,24,25). The summed E-state index contributed by atoms with van der Waals surface area (Å²) in [4.78, 5) is 21.5. The van der Waals surface area contributed by atoms with Crippen LogP contribution in [-0.4, -0.2) is 21.9 Å². The summed E-state index contributed by atoms with van der Waals surface area (Å²) < 4.78 is 5.96. The predicted molar refractivity (Wildman–Crippen MR) is 107 cm³/mol. The number of benzene rings is 1. The minimum atomic E-state index is -0.109. The number of nitrogens with zero attached hydrogens (tertiary/aromatic N) is 2. The molecule has 6 heteroatoms. The zero-order chi connectivity index (χ0) is 18.5. The molecule has 1 amide bonds. The summed E-state index contributed by atoms with van der Waals surface area (Å²) in [5, 5.41) is 4.87. The Balaban J connectivity index is 1.58. The average Bonchev–Trinajstić information content (AvgIpc) is 2.88. The Bertz CT molecular complexity index is 902. The Kier molecular flexibility index (Phi) is 5.72. The van der Waals surface area contributed by atoms with Gasteiger partial charge in [-0.2, -0.15) is 0 Å². The van der Waals surface area contributed by atoms with E-state index < -0.39 is 0 Å². The minimum absolute atomic E-state index is 0.109. The van der Waals surface area contributed by atoms with Crippen LogP contribution in [0.5, 0.6) is 0 Å². The molecule has 4 rings (SSSR count). The maximum Gasteiger partial charge on any atom is 0.287 e. The molecular formula is C21H23N3O2S. The van der Waals surface area contributed by atoms with Crippen molar-refractivity contribution in [3.05, 3.63) is 54.0 Å². The molecule has 1 aromatic carbocycles. The summed E-state index contributed by atoms with van der Waals surface area (Å²) in [5.41, 5.74) is 1.65. The SMILES string of the molecule is O=C(NC1CCCCCC1)c1oc2ccccc2c1CSc1ncccn1. The molecule has 1 saturated carbocycles. The first-order chi connectivity index (χ1) is 13.3. The number of fused-ring (bicyclic) bond motifs is 1. The highest BCUT2D eigenvalue weighted by Crippen LogP contribution is 2.31. The van der Waals surface area contributed by atoms with Gasteiger partial charge in [-0.3, -0.25) is 4.79 Å². The predicted octanol–water partition coefficient (Wildman–Crippen LogP) is 4.97. The summed E-state index contributed by atoms with van der Waals surface area (Å²) in [6, 6.07) is 9.84. The normalized spacial score (nSPS) is 15.6. The Hall–Kier alpha value is -2.34. The quantitative estimate of drug-likeness (QED) is 0.384. The van der Waals surface area contributed by atoms with E-state index in [4.69, 9.17) is 4.42 Å². The van der Waals surface area contributed by atoms with Gasteiger partial charge in [-0.05, 0) is 25.0 Å². The molecule has 1 N–H and O–H groups in total. The van der Waals surface area contributed by atoms with Gasteiger partial charge in [-0.1, -0.05) is 55.6 Å². The van der Waals surface area contributed by atoms with Gasteiger partial charge in [0.25, 0.3) is 5.91 Å².